The summed E-state index contributed by atoms with van der Waals surface area (Å²) in [7, 11) is 0. The summed E-state index contributed by atoms with van der Waals surface area (Å²) in [5, 5.41) is 10.1. The fourth-order valence-electron chi connectivity index (χ4n) is 3.20. The number of hydrogen-bond donors (Lipinski definition) is 2. The van der Waals surface area contributed by atoms with E-state index in [2.05, 4.69) is 41.3 Å². The minimum absolute atomic E-state index is 0.112. The molecule has 3 rings (SSSR count). The lowest BCUT2D eigenvalue weighted by atomic mass is 10.0. The molecule has 0 saturated carbocycles. The molecule has 126 valence electrons. The number of urea groups is 1. The van der Waals surface area contributed by atoms with Gasteiger partial charge < -0.3 is 10.6 Å². The molecule has 0 saturated heterocycles. The summed E-state index contributed by atoms with van der Waals surface area (Å²) in [5.74, 6) is 0. The number of nitrogens with zero attached hydrogens (tertiary/aromatic N) is 2. The summed E-state index contributed by atoms with van der Waals surface area (Å²) in [6.45, 7) is 2.04. The number of hydroxylamine groups is 2. The number of amides is 2. The maximum Gasteiger partial charge on any atom is 0.338 e. The molecule has 5 heteroatoms. The Labute approximate surface area is 142 Å². The molecule has 24 heavy (non-hydrogen) atoms. The van der Waals surface area contributed by atoms with Gasteiger partial charge in [0.2, 0.25) is 0 Å². The van der Waals surface area contributed by atoms with E-state index in [1.54, 1.807) is 0 Å². The van der Waals surface area contributed by atoms with Crippen LogP contribution in [-0.2, 0) is 19.5 Å². The molecule has 0 spiro atoms. The largest absolute Gasteiger partial charge is 0.367 e. The van der Waals surface area contributed by atoms with Gasteiger partial charge in [-0.3, -0.25) is 5.21 Å². The molecule has 5 nitrogen and oxygen atoms in total. The zero-order valence-corrected chi connectivity index (χ0v) is 13.7. The van der Waals surface area contributed by atoms with E-state index in [4.69, 9.17) is 5.73 Å². The summed E-state index contributed by atoms with van der Waals surface area (Å²) < 4.78 is 0. The molecule has 0 radical (unpaired) electrons. The number of fused-ring (bicyclic) bond motifs is 1. The molecule has 2 amide bonds. The van der Waals surface area contributed by atoms with Gasteiger partial charge >= 0.3 is 6.03 Å². The first kappa shape index (κ1) is 16.3. The van der Waals surface area contributed by atoms with Crippen molar-refractivity contribution in [2.24, 2.45) is 5.73 Å². The van der Waals surface area contributed by atoms with Crippen LogP contribution in [0.25, 0.3) is 0 Å². The Hall–Kier alpha value is -2.53. The van der Waals surface area contributed by atoms with E-state index in [1.165, 1.54) is 16.8 Å². The highest BCUT2D eigenvalue weighted by Crippen LogP contribution is 2.29. The summed E-state index contributed by atoms with van der Waals surface area (Å²) in [6.07, 6.45) is 3.31. The van der Waals surface area contributed by atoms with Crippen LogP contribution < -0.4 is 10.6 Å². The molecule has 0 aromatic heterocycles. The maximum absolute atomic E-state index is 11.0. The Morgan fingerprint density at radius 2 is 1.92 bits per heavy atom. The third-order valence-electron chi connectivity index (χ3n) is 4.41. The first-order chi connectivity index (χ1) is 11.6. The van der Waals surface area contributed by atoms with Gasteiger partial charge in [0, 0.05) is 18.8 Å². The fourth-order valence-corrected chi connectivity index (χ4v) is 3.20. The number of nitrogens with two attached hydrogens (primary N) is 1. The molecule has 0 unspecified atom stereocenters. The molecule has 0 aliphatic carbocycles. The van der Waals surface area contributed by atoms with Crippen LogP contribution in [0.4, 0.5) is 10.5 Å². The van der Waals surface area contributed by atoms with Gasteiger partial charge in [-0.1, -0.05) is 42.5 Å². The van der Waals surface area contributed by atoms with Gasteiger partial charge in [-0.15, -0.1) is 0 Å². The van der Waals surface area contributed by atoms with Crippen LogP contribution in [0, 0.1) is 0 Å². The van der Waals surface area contributed by atoms with Crippen molar-refractivity contribution >= 4 is 11.7 Å². The van der Waals surface area contributed by atoms with Crippen molar-refractivity contribution in [2.75, 3.05) is 11.4 Å². The number of benzene rings is 2. The molecule has 1 aliphatic heterocycles. The minimum Gasteiger partial charge on any atom is -0.367 e. The molecule has 0 fully saturated rings. The molecule has 2 aromatic rings. The number of carbonyl (C=O) groups is 1. The third kappa shape index (κ3) is 3.86. The summed E-state index contributed by atoms with van der Waals surface area (Å²) in [6, 6.07) is 15.7. The lowest BCUT2D eigenvalue weighted by molar-refractivity contribution is -0.0470. The van der Waals surface area contributed by atoms with E-state index in [9.17, 15) is 10.0 Å². The monoisotopic (exact) mass is 325 g/mol. The maximum atomic E-state index is 11.0. The van der Waals surface area contributed by atoms with Gasteiger partial charge in [-0.05, 0) is 42.0 Å². The standard InChI is InChI=1S/C19H23N3O2/c20-19(23)22(24)14-16-9-10-18-17(12-16)8-4-5-11-21(18)13-15-6-2-1-3-7-15/h1-3,6-7,9-10,12,24H,4-5,8,11,13-14H2,(H2,20,23). The zero-order chi connectivity index (χ0) is 16.9. The van der Waals surface area contributed by atoms with E-state index >= 15 is 0 Å². The molecular formula is C19H23N3O2. The molecule has 0 bridgehead atoms. The molecule has 1 aliphatic rings. The third-order valence-corrected chi connectivity index (χ3v) is 4.41. The number of aryl methyl sites for hydroxylation is 1. The van der Waals surface area contributed by atoms with Crippen molar-refractivity contribution in [1.82, 2.24) is 5.06 Å². The number of primary amides is 1. The first-order valence-electron chi connectivity index (χ1n) is 8.30. The topological polar surface area (TPSA) is 69.8 Å². The number of rotatable bonds is 4. The average molecular weight is 325 g/mol. The first-order valence-corrected chi connectivity index (χ1v) is 8.30. The van der Waals surface area contributed by atoms with Crippen LogP contribution in [0.3, 0.4) is 0 Å². The van der Waals surface area contributed by atoms with Crippen molar-refractivity contribution < 1.29 is 10.0 Å². The predicted octanol–water partition coefficient (Wildman–Crippen LogP) is 3.30. The Morgan fingerprint density at radius 1 is 1.12 bits per heavy atom. The van der Waals surface area contributed by atoms with Crippen LogP contribution in [0.2, 0.25) is 0 Å². The second-order valence-corrected chi connectivity index (χ2v) is 6.22. The van der Waals surface area contributed by atoms with Gasteiger partial charge in [0.1, 0.15) is 0 Å². The highest BCUT2D eigenvalue weighted by Gasteiger charge is 2.17. The van der Waals surface area contributed by atoms with E-state index in [-0.39, 0.29) is 6.54 Å². The van der Waals surface area contributed by atoms with Crippen molar-refractivity contribution in [3.8, 4) is 0 Å². The fraction of sp³-hybridized carbons (Fsp3) is 0.316. The van der Waals surface area contributed by atoms with Gasteiger partial charge in [-0.25, -0.2) is 9.86 Å². The minimum atomic E-state index is -0.837. The highest BCUT2D eigenvalue weighted by atomic mass is 16.5. The van der Waals surface area contributed by atoms with Crippen LogP contribution in [-0.4, -0.2) is 22.8 Å². The van der Waals surface area contributed by atoms with Crippen LogP contribution in [0.15, 0.2) is 48.5 Å². The van der Waals surface area contributed by atoms with E-state index in [0.717, 1.165) is 37.9 Å². The quantitative estimate of drug-likeness (QED) is 0.669. The van der Waals surface area contributed by atoms with E-state index in [0.29, 0.717) is 5.06 Å². The van der Waals surface area contributed by atoms with Crippen molar-refractivity contribution in [3.63, 3.8) is 0 Å². The van der Waals surface area contributed by atoms with E-state index in [1.807, 2.05) is 12.1 Å². The predicted molar refractivity (Wildman–Crippen MR) is 93.8 cm³/mol. The van der Waals surface area contributed by atoms with E-state index < -0.39 is 6.03 Å². The average Bonchev–Trinajstić information content (AvgIpc) is 2.78. The SMILES string of the molecule is NC(=O)N(O)Cc1ccc2c(c1)CCCCN2Cc1ccccc1. The van der Waals surface area contributed by atoms with Crippen molar-refractivity contribution in [1.29, 1.82) is 0 Å². The lowest BCUT2D eigenvalue weighted by Crippen LogP contribution is -2.32. The smallest absolute Gasteiger partial charge is 0.338 e. The summed E-state index contributed by atoms with van der Waals surface area (Å²) in [4.78, 5) is 13.4. The second-order valence-electron chi connectivity index (χ2n) is 6.22. The van der Waals surface area contributed by atoms with Gasteiger partial charge in [0.15, 0.2) is 0 Å². The molecular weight excluding hydrogens is 302 g/mol. The van der Waals surface area contributed by atoms with Crippen molar-refractivity contribution in [2.45, 2.75) is 32.4 Å². The number of carbonyl (C=O) groups excluding carboxylic acids is 1. The van der Waals surface area contributed by atoms with Crippen LogP contribution in [0.1, 0.15) is 29.5 Å². The number of anilines is 1. The Kier molecular flexibility index (Phi) is 5.01. The Balaban J connectivity index is 1.82. The number of hydrogen-bond acceptors (Lipinski definition) is 3. The van der Waals surface area contributed by atoms with Gasteiger partial charge in [0.25, 0.3) is 0 Å². The normalized spacial score (nSPS) is 14.0. The van der Waals surface area contributed by atoms with Gasteiger partial charge in [0.05, 0.1) is 6.54 Å². The summed E-state index contributed by atoms with van der Waals surface area (Å²) >= 11 is 0. The highest BCUT2D eigenvalue weighted by molar-refractivity contribution is 5.70. The summed E-state index contributed by atoms with van der Waals surface area (Å²) in [5.41, 5.74) is 9.77. The molecule has 3 N–H and O–H groups in total. The molecule has 0 atom stereocenters. The Bertz CT molecular complexity index is 703. The molecule has 2 aromatic carbocycles. The molecule has 1 heterocycles. The van der Waals surface area contributed by atoms with Crippen LogP contribution in [0.5, 0.6) is 0 Å². The van der Waals surface area contributed by atoms with Gasteiger partial charge in [-0.2, -0.15) is 0 Å². The lowest BCUT2D eigenvalue weighted by Gasteiger charge is -2.25. The van der Waals surface area contributed by atoms with Crippen LogP contribution >= 0.6 is 0 Å². The second kappa shape index (κ2) is 7.36. The Morgan fingerprint density at radius 3 is 2.67 bits per heavy atom. The zero-order valence-electron chi connectivity index (χ0n) is 13.7. The van der Waals surface area contributed by atoms with Crippen molar-refractivity contribution in [3.05, 3.63) is 65.2 Å².